The molecule has 0 saturated carbocycles. The van der Waals surface area contributed by atoms with E-state index in [9.17, 15) is 12.8 Å². The van der Waals surface area contributed by atoms with Gasteiger partial charge < -0.3 is 5.32 Å². The maximum atomic E-state index is 13.6. The summed E-state index contributed by atoms with van der Waals surface area (Å²) >= 11 is 0. The van der Waals surface area contributed by atoms with Gasteiger partial charge in [-0.2, -0.15) is 0 Å². The zero-order chi connectivity index (χ0) is 16.2. The Hall–Kier alpha value is -0.980. The molecule has 0 radical (unpaired) electrons. The molecule has 1 aromatic carbocycles. The lowest BCUT2D eigenvalue weighted by atomic mass is 10.1. The summed E-state index contributed by atoms with van der Waals surface area (Å²) in [5, 5.41) is 2.54. The van der Waals surface area contributed by atoms with E-state index < -0.39 is 21.3 Å². The first kappa shape index (κ1) is 18.1. The van der Waals surface area contributed by atoms with Gasteiger partial charge in [0, 0.05) is 18.6 Å². The van der Waals surface area contributed by atoms with Crippen LogP contribution in [0.1, 0.15) is 44.9 Å². The molecule has 0 aliphatic rings. The van der Waals surface area contributed by atoms with Gasteiger partial charge in [0.05, 0.1) is 5.25 Å². The monoisotopic (exact) mass is 316 g/mol. The summed E-state index contributed by atoms with van der Waals surface area (Å²) in [6.07, 6.45) is 0. The van der Waals surface area contributed by atoms with E-state index in [0.29, 0.717) is 17.7 Å². The van der Waals surface area contributed by atoms with Gasteiger partial charge in [0.25, 0.3) is 0 Å². The summed E-state index contributed by atoms with van der Waals surface area (Å²) in [6.45, 7) is 9.34. The van der Waals surface area contributed by atoms with Crippen LogP contribution in [0.4, 0.5) is 4.39 Å². The number of aryl methyl sites for hydroxylation is 1. The van der Waals surface area contributed by atoms with Gasteiger partial charge in [-0.25, -0.2) is 17.5 Å². The molecular formula is C15H25FN2O2S. The molecule has 0 saturated heterocycles. The minimum absolute atomic E-state index is 0.228. The van der Waals surface area contributed by atoms with E-state index in [4.69, 9.17) is 0 Å². The highest BCUT2D eigenvalue weighted by molar-refractivity contribution is 7.90. The van der Waals surface area contributed by atoms with Crippen LogP contribution in [0.15, 0.2) is 18.2 Å². The van der Waals surface area contributed by atoms with Crippen molar-refractivity contribution in [1.82, 2.24) is 10.0 Å². The summed E-state index contributed by atoms with van der Waals surface area (Å²) in [5.74, 6) is -0.326. The minimum atomic E-state index is -3.46. The largest absolute Gasteiger partial charge is 0.313 e. The van der Waals surface area contributed by atoms with E-state index in [-0.39, 0.29) is 11.9 Å². The highest BCUT2D eigenvalue weighted by Gasteiger charge is 2.23. The molecule has 2 N–H and O–H groups in total. The molecule has 1 rings (SSSR count). The molecule has 6 heteroatoms. The summed E-state index contributed by atoms with van der Waals surface area (Å²) in [5.41, 5.74) is 1.16. The van der Waals surface area contributed by atoms with Gasteiger partial charge in [0.15, 0.2) is 0 Å². The van der Waals surface area contributed by atoms with Crippen LogP contribution in [0.3, 0.4) is 0 Å². The average molecular weight is 316 g/mol. The molecular weight excluding hydrogens is 291 g/mol. The van der Waals surface area contributed by atoms with Crippen molar-refractivity contribution in [3.05, 3.63) is 35.1 Å². The second kappa shape index (κ2) is 7.33. The van der Waals surface area contributed by atoms with Crippen molar-refractivity contribution in [3.8, 4) is 0 Å². The third kappa shape index (κ3) is 5.37. The molecule has 1 aromatic rings. The number of benzene rings is 1. The normalized spacial score (nSPS) is 15.2. The van der Waals surface area contributed by atoms with E-state index in [1.54, 1.807) is 32.9 Å². The van der Waals surface area contributed by atoms with Gasteiger partial charge in [-0.3, -0.25) is 0 Å². The Balaban J connectivity index is 2.75. The number of nitrogens with one attached hydrogen (secondary N) is 2. The quantitative estimate of drug-likeness (QED) is 0.812. The number of hydrogen-bond donors (Lipinski definition) is 2. The second-order valence-electron chi connectivity index (χ2n) is 5.77. The summed E-state index contributed by atoms with van der Waals surface area (Å²) < 4.78 is 40.6. The van der Waals surface area contributed by atoms with Crippen molar-refractivity contribution < 1.29 is 12.8 Å². The van der Waals surface area contributed by atoms with Gasteiger partial charge in [-0.1, -0.05) is 26.0 Å². The van der Waals surface area contributed by atoms with E-state index >= 15 is 0 Å². The Kier molecular flexibility index (Phi) is 6.31. The number of halogens is 1. The predicted molar refractivity (Wildman–Crippen MR) is 84.2 cm³/mol. The molecule has 0 amide bonds. The molecule has 0 fully saturated rings. The zero-order valence-electron chi connectivity index (χ0n) is 13.3. The third-order valence-electron chi connectivity index (χ3n) is 3.38. The minimum Gasteiger partial charge on any atom is -0.313 e. The highest BCUT2D eigenvalue weighted by Crippen LogP contribution is 2.17. The van der Waals surface area contributed by atoms with Gasteiger partial charge in [0.2, 0.25) is 10.0 Å². The highest BCUT2D eigenvalue weighted by atomic mass is 32.2. The van der Waals surface area contributed by atoms with Crippen LogP contribution in [0.5, 0.6) is 0 Å². The Morgan fingerprint density at radius 1 is 1.19 bits per heavy atom. The van der Waals surface area contributed by atoms with E-state index in [2.05, 4.69) is 10.0 Å². The maximum Gasteiger partial charge on any atom is 0.216 e. The van der Waals surface area contributed by atoms with Crippen LogP contribution in [0, 0.1) is 12.7 Å². The van der Waals surface area contributed by atoms with Crippen molar-refractivity contribution in [3.63, 3.8) is 0 Å². The first-order chi connectivity index (χ1) is 9.63. The topological polar surface area (TPSA) is 58.2 Å². The Labute approximate surface area is 127 Å². The van der Waals surface area contributed by atoms with Crippen LogP contribution < -0.4 is 10.0 Å². The van der Waals surface area contributed by atoms with Gasteiger partial charge in [-0.15, -0.1) is 0 Å². The molecule has 4 nitrogen and oxygen atoms in total. The van der Waals surface area contributed by atoms with Gasteiger partial charge in [-0.05, 0) is 38.0 Å². The van der Waals surface area contributed by atoms with Crippen LogP contribution in [-0.4, -0.2) is 26.3 Å². The summed E-state index contributed by atoms with van der Waals surface area (Å²) in [7, 11) is -3.46. The van der Waals surface area contributed by atoms with E-state index in [1.165, 1.54) is 6.07 Å². The third-order valence-corrected chi connectivity index (χ3v) is 5.29. The zero-order valence-corrected chi connectivity index (χ0v) is 14.1. The molecule has 0 aliphatic heterocycles. The first-order valence-corrected chi connectivity index (χ1v) is 8.68. The smallest absolute Gasteiger partial charge is 0.216 e. The summed E-state index contributed by atoms with van der Waals surface area (Å²) in [4.78, 5) is 0. The molecule has 0 aliphatic carbocycles. The fraction of sp³-hybridized carbons (Fsp3) is 0.600. The lowest BCUT2D eigenvalue weighted by Crippen LogP contribution is -2.41. The van der Waals surface area contributed by atoms with Crippen molar-refractivity contribution in [2.24, 2.45) is 0 Å². The molecule has 120 valence electrons. The number of hydrogen-bond acceptors (Lipinski definition) is 3. The average Bonchev–Trinajstić information content (AvgIpc) is 2.38. The fourth-order valence-electron chi connectivity index (χ4n) is 1.82. The molecule has 2 atom stereocenters. The molecule has 0 spiro atoms. The fourth-order valence-corrected chi connectivity index (χ4v) is 3.00. The number of rotatable bonds is 7. The van der Waals surface area contributed by atoms with Crippen LogP contribution in [0.2, 0.25) is 0 Å². The Bertz CT molecular complexity index is 573. The van der Waals surface area contributed by atoms with Gasteiger partial charge >= 0.3 is 0 Å². The maximum absolute atomic E-state index is 13.6. The van der Waals surface area contributed by atoms with E-state index in [0.717, 1.165) is 0 Å². The molecule has 0 heterocycles. The first-order valence-electron chi connectivity index (χ1n) is 7.14. The second-order valence-corrected chi connectivity index (χ2v) is 7.90. The van der Waals surface area contributed by atoms with Gasteiger partial charge in [0.1, 0.15) is 5.82 Å². The molecule has 0 bridgehead atoms. The van der Waals surface area contributed by atoms with Crippen molar-refractivity contribution >= 4 is 10.0 Å². The molecule has 21 heavy (non-hydrogen) atoms. The summed E-state index contributed by atoms with van der Waals surface area (Å²) in [6, 6.07) is 4.53. The van der Waals surface area contributed by atoms with Crippen LogP contribution in [0.25, 0.3) is 0 Å². The van der Waals surface area contributed by atoms with Crippen molar-refractivity contribution in [2.75, 3.05) is 6.54 Å². The van der Waals surface area contributed by atoms with Crippen molar-refractivity contribution in [2.45, 2.75) is 52.0 Å². The standard InChI is InChI=1S/C15H25FN2O2S/c1-10(2)17-9-12(4)21(19,20)18-13(5)14-7-6-11(3)15(16)8-14/h6-8,10,12-13,17-18H,9H2,1-5H3. The van der Waals surface area contributed by atoms with E-state index in [1.807, 2.05) is 13.8 Å². The van der Waals surface area contributed by atoms with Crippen LogP contribution >= 0.6 is 0 Å². The lowest BCUT2D eigenvalue weighted by Gasteiger charge is -2.20. The lowest BCUT2D eigenvalue weighted by molar-refractivity contribution is 0.530. The van der Waals surface area contributed by atoms with Crippen molar-refractivity contribution in [1.29, 1.82) is 0 Å². The molecule has 2 unspecified atom stereocenters. The Morgan fingerprint density at radius 2 is 1.81 bits per heavy atom. The molecule has 0 aromatic heterocycles. The predicted octanol–water partition coefficient (Wildman–Crippen LogP) is 2.50. The van der Waals surface area contributed by atoms with Crippen LogP contribution in [-0.2, 0) is 10.0 Å². The Morgan fingerprint density at radius 3 is 2.33 bits per heavy atom. The number of sulfonamides is 1. The SMILES string of the molecule is Cc1ccc(C(C)NS(=O)(=O)C(C)CNC(C)C)cc1F.